The summed E-state index contributed by atoms with van der Waals surface area (Å²) in [5.41, 5.74) is 7.14. The summed E-state index contributed by atoms with van der Waals surface area (Å²) in [4.78, 5) is 48.4. The number of ether oxygens (including phenoxy) is 2. The van der Waals surface area contributed by atoms with Gasteiger partial charge in [-0.3, -0.25) is 19.4 Å². The molecule has 0 aliphatic carbocycles. The molecular weight excluding hydrogens is 1330 g/mol. The summed E-state index contributed by atoms with van der Waals surface area (Å²) in [6.45, 7) is 5.63. The largest absolute Gasteiger partial charge is 0.435 e. The van der Waals surface area contributed by atoms with E-state index in [1.54, 1.807) is 35.4 Å². The van der Waals surface area contributed by atoms with Gasteiger partial charge in [0.2, 0.25) is 0 Å². The number of alkyl halides is 4. The Hall–Kier alpha value is -11.9. The van der Waals surface area contributed by atoms with E-state index in [1.165, 1.54) is 30.5 Å². The number of carbonyl (C=O) groups is 2. The quantitative estimate of drug-likeness (QED) is 0.0479. The second-order valence-corrected chi connectivity index (χ2v) is 29.2. The van der Waals surface area contributed by atoms with Crippen molar-refractivity contribution in [1.29, 1.82) is 0 Å². The number of carbonyl (C=O) groups excluding carboxylic acids is 2. The fourth-order valence-corrected chi connectivity index (χ4v) is 14.0. The lowest BCUT2D eigenvalue weighted by atomic mass is 9.76. The van der Waals surface area contributed by atoms with Crippen LogP contribution in [0.25, 0.3) is 66.9 Å². The van der Waals surface area contributed by atoms with Gasteiger partial charge < -0.3 is 29.2 Å². The summed E-state index contributed by atoms with van der Waals surface area (Å²) in [5.74, 6) is -0.838. The summed E-state index contributed by atoms with van der Waals surface area (Å²) >= 11 is 0. The van der Waals surface area contributed by atoms with Crippen LogP contribution >= 0.6 is 0 Å². The molecule has 0 unspecified atom stereocenters. The van der Waals surface area contributed by atoms with Crippen LogP contribution in [0.1, 0.15) is 102 Å². The van der Waals surface area contributed by atoms with Gasteiger partial charge in [0, 0.05) is 47.0 Å². The Morgan fingerprint density at radius 3 is 1.24 bits per heavy atom. The van der Waals surface area contributed by atoms with Gasteiger partial charge in [0.15, 0.2) is 11.3 Å². The van der Waals surface area contributed by atoms with E-state index in [9.17, 15) is 35.6 Å². The molecule has 0 saturated carbocycles. The summed E-state index contributed by atoms with van der Waals surface area (Å²) < 4.78 is 91.7. The highest BCUT2D eigenvalue weighted by Crippen LogP contribution is 2.46. The molecule has 0 atom stereocenters. The van der Waals surface area contributed by atoms with E-state index in [1.807, 2.05) is 202 Å². The van der Waals surface area contributed by atoms with Crippen molar-refractivity contribution in [3.05, 3.63) is 288 Å². The number of aryl methyl sites for hydroxylation is 1. The molecule has 0 fully saturated rings. The van der Waals surface area contributed by atoms with E-state index < -0.39 is 45.2 Å². The Morgan fingerprint density at radius 1 is 0.505 bits per heavy atom. The molecule has 522 valence electrons. The molecule has 2 amide bonds. The van der Waals surface area contributed by atoms with E-state index in [2.05, 4.69) is 62.0 Å². The number of sulfone groups is 1. The number of fused-ring (bicyclic) bond motifs is 4. The fraction of sp³-hybridized carbons (Fsp3) is 0.200. The molecule has 6 heterocycles. The van der Waals surface area contributed by atoms with Crippen LogP contribution in [0.3, 0.4) is 0 Å². The maximum absolute atomic E-state index is 14.3. The zero-order valence-corrected chi connectivity index (χ0v) is 58.1. The van der Waals surface area contributed by atoms with E-state index in [0.717, 1.165) is 33.4 Å². The van der Waals surface area contributed by atoms with Crippen LogP contribution in [-0.2, 0) is 27.5 Å². The predicted molar refractivity (Wildman–Crippen MR) is 390 cm³/mol. The maximum atomic E-state index is 14.3. The van der Waals surface area contributed by atoms with Gasteiger partial charge >= 0.3 is 13.2 Å². The van der Waals surface area contributed by atoms with Crippen LogP contribution in [0.5, 0.6) is 11.5 Å². The second-order valence-electron chi connectivity index (χ2n) is 27.0. The zero-order chi connectivity index (χ0) is 72.4. The van der Waals surface area contributed by atoms with Crippen LogP contribution in [0, 0.1) is 0 Å². The molecule has 0 saturated heterocycles. The number of amides is 2. The molecule has 6 aromatic heterocycles. The van der Waals surface area contributed by atoms with Gasteiger partial charge in [-0.25, -0.2) is 28.4 Å². The SMILES string of the molecule is CC(C)(C)NC(=O)c1cn(C(c2ccccc2)(c2ccccc2)c2ccccc2)c2ncc(-c3n[nH]c4ccc(OC(F)F)cc34)nc12.CC(C)(C)NC(=O)c1cn(C(c2ccccc2)(c2ccccc2)c2ccccc2)c2ncc(-c3nn(CCCS(C)(=O)=O)c4ccc(OC(F)F)cc34)nc12. The summed E-state index contributed by atoms with van der Waals surface area (Å²) in [6, 6.07) is 69.2. The van der Waals surface area contributed by atoms with Crippen molar-refractivity contribution in [3.63, 3.8) is 0 Å². The third-order valence-electron chi connectivity index (χ3n) is 17.4. The number of benzene rings is 8. The first-order valence-corrected chi connectivity index (χ1v) is 35.3. The third kappa shape index (κ3) is 14.2. The summed E-state index contributed by atoms with van der Waals surface area (Å²) in [5, 5.41) is 19.3. The van der Waals surface area contributed by atoms with Crippen molar-refractivity contribution in [2.45, 2.75) is 89.9 Å². The van der Waals surface area contributed by atoms with E-state index in [4.69, 9.17) is 29.8 Å². The number of nitrogens with zero attached hydrogens (tertiary/aromatic N) is 9. The van der Waals surface area contributed by atoms with Crippen LogP contribution in [0.4, 0.5) is 17.6 Å². The molecule has 14 aromatic rings. The Balaban J connectivity index is 0.000000185. The van der Waals surface area contributed by atoms with E-state index >= 15 is 0 Å². The number of halogens is 4. The molecule has 0 aliphatic rings. The van der Waals surface area contributed by atoms with Gasteiger partial charge in [-0.1, -0.05) is 182 Å². The lowest BCUT2D eigenvalue weighted by Gasteiger charge is -2.38. The van der Waals surface area contributed by atoms with Crippen molar-refractivity contribution < 1.29 is 45.0 Å². The maximum Gasteiger partial charge on any atom is 0.387 e. The van der Waals surface area contributed by atoms with Gasteiger partial charge in [-0.2, -0.15) is 27.8 Å². The Kier molecular flexibility index (Phi) is 19.1. The molecule has 103 heavy (non-hydrogen) atoms. The van der Waals surface area contributed by atoms with Gasteiger partial charge in [-0.15, -0.1) is 0 Å². The van der Waals surface area contributed by atoms with Crippen molar-refractivity contribution in [2.24, 2.45) is 0 Å². The minimum Gasteiger partial charge on any atom is -0.435 e. The van der Waals surface area contributed by atoms with Crippen LogP contribution in [-0.4, -0.2) is 106 Å². The van der Waals surface area contributed by atoms with Crippen molar-refractivity contribution >= 4 is 65.8 Å². The highest BCUT2D eigenvalue weighted by molar-refractivity contribution is 7.90. The summed E-state index contributed by atoms with van der Waals surface area (Å²) in [7, 11) is -3.24. The number of hydrogen-bond acceptors (Lipinski definition) is 12. The topological polar surface area (TPSA) is 219 Å². The normalized spacial score (nSPS) is 12.3. The minimum absolute atomic E-state index is 0.0102. The highest BCUT2D eigenvalue weighted by atomic mass is 32.2. The van der Waals surface area contributed by atoms with Crippen LogP contribution in [0.2, 0.25) is 0 Å². The predicted octanol–water partition coefficient (Wildman–Crippen LogP) is 15.8. The lowest BCUT2D eigenvalue weighted by Crippen LogP contribution is -2.40. The standard InChI is InChI=1S/C42H40F2N6O4S.C38H32F2N6O2/c1-41(2,3)47-39(51)33-27-49(42(28-15-8-5-9-16-28,29-17-10-6-11-18-29)30-19-12-7-13-20-30)38-37(33)46-34(26-45-38)36-32-25-31(54-40(43)44)21-22-35(32)50(48-36)23-14-24-55(4,52)53;1-37(2,3)43-35(47)29-23-46(38(24-13-7-4-8-14-24,25-15-9-5-10-16-25)26-17-11-6-12-18-26)34-33(29)42-31(22-41-34)32-28-21-27(48-36(39)40)19-20-30(28)44-45-32/h5-13,15-22,25-27,40H,14,23-24H2,1-4H3,(H,47,51);4-23,36H,1-3H3,(H,43,47)(H,44,45). The van der Waals surface area contributed by atoms with Crippen molar-refractivity contribution in [2.75, 3.05) is 12.0 Å². The Bertz CT molecular complexity index is 5300. The van der Waals surface area contributed by atoms with Crippen molar-refractivity contribution in [1.82, 2.24) is 59.7 Å². The molecule has 3 N–H and O–H groups in total. The van der Waals surface area contributed by atoms with Gasteiger partial charge in [0.05, 0.1) is 40.3 Å². The first-order valence-electron chi connectivity index (χ1n) is 33.2. The van der Waals surface area contributed by atoms with Crippen molar-refractivity contribution in [3.8, 4) is 34.3 Å². The van der Waals surface area contributed by atoms with Gasteiger partial charge in [0.1, 0.15) is 66.2 Å². The number of aromatic nitrogens is 10. The number of hydrogen-bond donors (Lipinski definition) is 3. The molecule has 23 heteroatoms. The molecule has 18 nitrogen and oxygen atoms in total. The second kappa shape index (κ2) is 28.3. The van der Waals surface area contributed by atoms with Gasteiger partial charge in [0.25, 0.3) is 11.8 Å². The summed E-state index contributed by atoms with van der Waals surface area (Å²) in [6.07, 6.45) is 8.19. The molecule has 8 aromatic carbocycles. The van der Waals surface area contributed by atoms with E-state index in [-0.39, 0.29) is 53.3 Å². The Labute approximate surface area is 591 Å². The minimum atomic E-state index is -3.24. The number of rotatable bonds is 20. The number of aromatic amines is 1. The lowest BCUT2D eigenvalue weighted by molar-refractivity contribution is -0.0504. The molecule has 0 bridgehead atoms. The monoisotopic (exact) mass is 1400 g/mol. The van der Waals surface area contributed by atoms with Crippen LogP contribution < -0.4 is 20.1 Å². The first-order chi connectivity index (χ1) is 49.4. The molecule has 0 radical (unpaired) electrons. The number of H-pyrrole nitrogens is 1. The first kappa shape index (κ1) is 69.6. The van der Waals surface area contributed by atoms with Crippen LogP contribution in [0.15, 0.2) is 243 Å². The fourth-order valence-electron chi connectivity index (χ4n) is 13.3. The molecular formula is C80H72F4N12O6S. The molecule has 0 spiro atoms. The van der Waals surface area contributed by atoms with E-state index in [0.29, 0.717) is 66.8 Å². The third-order valence-corrected chi connectivity index (χ3v) is 18.4. The average molecular weight is 1410 g/mol. The number of nitrogens with one attached hydrogen (secondary N) is 3. The Morgan fingerprint density at radius 2 is 0.874 bits per heavy atom. The smallest absolute Gasteiger partial charge is 0.387 e. The molecule has 0 aliphatic heterocycles. The molecule has 14 rings (SSSR count). The average Bonchev–Trinajstić information content (AvgIpc) is 1.65. The highest BCUT2D eigenvalue weighted by Gasteiger charge is 2.43. The zero-order valence-electron chi connectivity index (χ0n) is 57.3. The van der Waals surface area contributed by atoms with Gasteiger partial charge in [-0.05, 0) is 118 Å².